The SMILES string of the molecule is C[C@H]1CCCCN1CCNS(=O)(=O)c1ccccc1-c1nc(-c2cccc(F)c2)no1. The van der Waals surface area contributed by atoms with Crippen LogP contribution in [0.25, 0.3) is 22.8 Å². The molecule has 0 amide bonds. The first-order valence-electron chi connectivity index (χ1n) is 10.4. The van der Waals surface area contributed by atoms with Crippen molar-refractivity contribution in [1.82, 2.24) is 19.8 Å². The molecule has 1 saturated heterocycles. The lowest BCUT2D eigenvalue weighted by Gasteiger charge is -2.33. The fourth-order valence-electron chi connectivity index (χ4n) is 3.85. The third-order valence-corrected chi connectivity index (χ3v) is 7.07. The molecule has 3 aromatic rings. The van der Waals surface area contributed by atoms with Crippen LogP contribution >= 0.6 is 0 Å². The molecule has 7 nitrogen and oxygen atoms in total. The molecule has 0 aliphatic carbocycles. The molecule has 2 heterocycles. The summed E-state index contributed by atoms with van der Waals surface area (Å²) in [5.74, 6) is -0.169. The Kier molecular flexibility index (Phi) is 6.45. The van der Waals surface area contributed by atoms with Gasteiger partial charge in [-0.15, -0.1) is 0 Å². The number of aromatic nitrogens is 2. The van der Waals surface area contributed by atoms with Gasteiger partial charge in [0.15, 0.2) is 0 Å². The molecule has 31 heavy (non-hydrogen) atoms. The first kappa shape index (κ1) is 21.6. The largest absolute Gasteiger partial charge is 0.334 e. The highest BCUT2D eigenvalue weighted by Gasteiger charge is 2.24. The number of hydrogen-bond acceptors (Lipinski definition) is 6. The van der Waals surface area contributed by atoms with Crippen molar-refractivity contribution in [2.75, 3.05) is 19.6 Å². The number of sulfonamides is 1. The van der Waals surface area contributed by atoms with E-state index in [2.05, 4.69) is 26.7 Å². The van der Waals surface area contributed by atoms with Crippen LogP contribution in [-0.4, -0.2) is 49.1 Å². The highest BCUT2D eigenvalue weighted by Crippen LogP contribution is 2.28. The van der Waals surface area contributed by atoms with Crippen molar-refractivity contribution < 1.29 is 17.3 Å². The second-order valence-electron chi connectivity index (χ2n) is 7.71. The maximum absolute atomic E-state index is 13.5. The summed E-state index contributed by atoms with van der Waals surface area (Å²) in [4.78, 5) is 6.66. The Hall–Kier alpha value is -2.62. The van der Waals surface area contributed by atoms with Crippen molar-refractivity contribution in [2.45, 2.75) is 37.1 Å². The highest BCUT2D eigenvalue weighted by atomic mass is 32.2. The summed E-state index contributed by atoms with van der Waals surface area (Å²) >= 11 is 0. The molecular weight excluding hydrogens is 419 g/mol. The molecule has 1 aliphatic heterocycles. The first-order chi connectivity index (χ1) is 14.9. The molecule has 0 saturated carbocycles. The molecule has 0 radical (unpaired) electrons. The topological polar surface area (TPSA) is 88.3 Å². The van der Waals surface area contributed by atoms with E-state index in [1.54, 1.807) is 30.3 Å². The summed E-state index contributed by atoms with van der Waals surface area (Å²) in [5, 5.41) is 3.88. The van der Waals surface area contributed by atoms with E-state index in [0.29, 0.717) is 30.3 Å². The number of benzene rings is 2. The lowest BCUT2D eigenvalue weighted by molar-refractivity contribution is 0.164. The molecule has 0 spiro atoms. The minimum Gasteiger partial charge on any atom is -0.334 e. The van der Waals surface area contributed by atoms with Crippen LogP contribution in [0.4, 0.5) is 4.39 Å². The van der Waals surface area contributed by atoms with Crippen molar-refractivity contribution in [2.24, 2.45) is 0 Å². The molecule has 4 rings (SSSR count). The van der Waals surface area contributed by atoms with Crippen molar-refractivity contribution in [3.63, 3.8) is 0 Å². The fourth-order valence-corrected chi connectivity index (χ4v) is 5.06. The number of hydrogen-bond donors (Lipinski definition) is 1. The van der Waals surface area contributed by atoms with E-state index in [1.165, 1.54) is 24.6 Å². The van der Waals surface area contributed by atoms with Gasteiger partial charge in [0.1, 0.15) is 5.82 Å². The van der Waals surface area contributed by atoms with Gasteiger partial charge in [0.05, 0.1) is 10.5 Å². The maximum atomic E-state index is 13.5. The monoisotopic (exact) mass is 444 g/mol. The summed E-state index contributed by atoms with van der Waals surface area (Å²) in [6.07, 6.45) is 3.50. The van der Waals surface area contributed by atoms with E-state index >= 15 is 0 Å². The zero-order chi connectivity index (χ0) is 21.8. The fraction of sp³-hybridized carbons (Fsp3) is 0.364. The van der Waals surface area contributed by atoms with E-state index in [0.717, 1.165) is 19.4 Å². The predicted molar refractivity (Wildman–Crippen MR) is 115 cm³/mol. The van der Waals surface area contributed by atoms with Gasteiger partial charge in [-0.25, -0.2) is 17.5 Å². The molecule has 1 fully saturated rings. The van der Waals surface area contributed by atoms with Crippen molar-refractivity contribution in [1.29, 1.82) is 0 Å². The van der Waals surface area contributed by atoms with Gasteiger partial charge < -0.3 is 4.52 Å². The molecule has 0 unspecified atom stereocenters. The third kappa shape index (κ3) is 5.00. The van der Waals surface area contributed by atoms with Crippen LogP contribution < -0.4 is 4.72 Å². The summed E-state index contributed by atoms with van der Waals surface area (Å²) in [5.41, 5.74) is 0.751. The molecule has 9 heteroatoms. The van der Waals surface area contributed by atoms with E-state index in [1.807, 2.05) is 0 Å². The Morgan fingerprint density at radius 1 is 1.19 bits per heavy atom. The lowest BCUT2D eigenvalue weighted by atomic mass is 10.0. The minimum absolute atomic E-state index is 0.0601. The zero-order valence-corrected chi connectivity index (χ0v) is 18.1. The summed E-state index contributed by atoms with van der Waals surface area (Å²) in [6.45, 7) is 4.14. The molecule has 1 aliphatic rings. The average molecular weight is 445 g/mol. The second-order valence-corrected chi connectivity index (χ2v) is 9.44. The van der Waals surface area contributed by atoms with Crippen molar-refractivity contribution in [3.05, 3.63) is 54.3 Å². The van der Waals surface area contributed by atoms with E-state index in [4.69, 9.17) is 4.52 Å². The molecule has 0 bridgehead atoms. The average Bonchev–Trinajstić information content (AvgIpc) is 3.25. The number of rotatable bonds is 7. The molecule has 1 N–H and O–H groups in total. The minimum atomic E-state index is -3.78. The number of nitrogens with one attached hydrogen (secondary N) is 1. The lowest BCUT2D eigenvalue weighted by Crippen LogP contribution is -2.42. The third-order valence-electron chi connectivity index (χ3n) is 5.55. The van der Waals surface area contributed by atoms with Crippen LogP contribution in [0.15, 0.2) is 57.9 Å². The second kappa shape index (κ2) is 9.25. The Morgan fingerprint density at radius 2 is 2.03 bits per heavy atom. The Bertz CT molecular complexity index is 1150. The molecular formula is C22H25FN4O3S. The van der Waals surface area contributed by atoms with Crippen LogP contribution in [-0.2, 0) is 10.0 Å². The highest BCUT2D eigenvalue weighted by molar-refractivity contribution is 7.89. The quantitative estimate of drug-likeness (QED) is 0.598. The molecule has 1 aromatic heterocycles. The zero-order valence-electron chi connectivity index (χ0n) is 17.3. The first-order valence-corrected chi connectivity index (χ1v) is 11.8. The Balaban J connectivity index is 1.53. The summed E-state index contributed by atoms with van der Waals surface area (Å²) in [6, 6.07) is 12.8. The van der Waals surface area contributed by atoms with E-state index in [9.17, 15) is 12.8 Å². The van der Waals surface area contributed by atoms with Gasteiger partial charge in [-0.3, -0.25) is 4.90 Å². The van der Waals surface area contributed by atoms with Gasteiger partial charge in [0.2, 0.25) is 15.8 Å². The number of nitrogens with zero attached hydrogens (tertiary/aromatic N) is 3. The molecule has 164 valence electrons. The van der Waals surface area contributed by atoms with E-state index in [-0.39, 0.29) is 16.6 Å². The molecule has 1 atom stereocenters. The molecule has 2 aromatic carbocycles. The predicted octanol–water partition coefficient (Wildman–Crippen LogP) is 3.70. The van der Waals surface area contributed by atoms with Crippen LogP contribution in [0.2, 0.25) is 0 Å². The van der Waals surface area contributed by atoms with Gasteiger partial charge in [-0.1, -0.05) is 35.8 Å². The number of piperidine rings is 1. The Labute approximate surface area is 181 Å². The van der Waals surface area contributed by atoms with Gasteiger partial charge in [-0.05, 0) is 50.6 Å². The van der Waals surface area contributed by atoms with Crippen LogP contribution in [0.5, 0.6) is 0 Å². The van der Waals surface area contributed by atoms with Gasteiger partial charge in [0.25, 0.3) is 5.89 Å². The van der Waals surface area contributed by atoms with Crippen molar-refractivity contribution >= 4 is 10.0 Å². The Morgan fingerprint density at radius 3 is 2.84 bits per heavy atom. The van der Waals surface area contributed by atoms with Crippen LogP contribution in [0.3, 0.4) is 0 Å². The normalized spacial score (nSPS) is 17.7. The van der Waals surface area contributed by atoms with Crippen LogP contribution in [0, 0.1) is 5.82 Å². The summed E-state index contributed by atoms with van der Waals surface area (Å²) < 4.78 is 47.5. The number of halogens is 1. The number of likely N-dealkylation sites (tertiary alicyclic amines) is 1. The smallest absolute Gasteiger partial charge is 0.259 e. The van der Waals surface area contributed by atoms with Gasteiger partial charge in [-0.2, -0.15) is 4.98 Å². The maximum Gasteiger partial charge on any atom is 0.259 e. The van der Waals surface area contributed by atoms with Crippen LogP contribution in [0.1, 0.15) is 26.2 Å². The van der Waals surface area contributed by atoms with Crippen molar-refractivity contribution in [3.8, 4) is 22.8 Å². The van der Waals surface area contributed by atoms with E-state index < -0.39 is 15.8 Å². The summed E-state index contributed by atoms with van der Waals surface area (Å²) in [7, 11) is -3.78. The van der Waals surface area contributed by atoms with Gasteiger partial charge in [0, 0.05) is 24.7 Å². The standard InChI is InChI=1S/C22H25FN4O3S/c1-16-7-4-5-13-27(16)14-12-24-31(28,29)20-11-3-2-10-19(20)22-25-21(26-30-22)17-8-6-9-18(23)15-17/h2-3,6,8-11,15-16,24H,4-5,7,12-14H2,1H3/t16-/m0/s1. The van der Waals surface area contributed by atoms with Gasteiger partial charge >= 0.3 is 0 Å².